The number of unbranched alkanes of at least 4 members (excludes halogenated alkanes) is 3. The third-order valence-electron chi connectivity index (χ3n) is 3.91. The topological polar surface area (TPSA) is 106 Å². The Balaban J connectivity index is 0.00000729. The van der Waals surface area contributed by atoms with Crippen LogP contribution >= 0.6 is 24.0 Å². The molecule has 162 valence electrons. The van der Waals surface area contributed by atoms with Crippen LogP contribution in [0.2, 0.25) is 0 Å². The molecule has 0 aliphatic heterocycles. The number of ether oxygens (including phenoxy) is 1. The summed E-state index contributed by atoms with van der Waals surface area (Å²) in [4.78, 5) is 4.53. The van der Waals surface area contributed by atoms with Crippen molar-refractivity contribution < 1.29 is 13.2 Å². The van der Waals surface area contributed by atoms with Crippen LogP contribution in [-0.4, -0.2) is 39.8 Å². The van der Waals surface area contributed by atoms with Gasteiger partial charge in [-0.3, -0.25) is 0 Å². The summed E-state index contributed by atoms with van der Waals surface area (Å²) in [6.45, 7) is 8.21. The highest BCUT2D eigenvalue weighted by atomic mass is 127. The summed E-state index contributed by atoms with van der Waals surface area (Å²) in [6, 6.07) is 6.09. The number of benzene rings is 1. The number of aliphatic imine (C=N–C) groups is 1. The van der Waals surface area contributed by atoms with E-state index in [1.54, 1.807) is 0 Å². The van der Waals surface area contributed by atoms with Crippen molar-refractivity contribution in [2.45, 2.75) is 53.0 Å². The van der Waals surface area contributed by atoms with Crippen LogP contribution in [0.1, 0.15) is 50.7 Å². The van der Waals surface area contributed by atoms with Gasteiger partial charge in [-0.25, -0.2) is 18.5 Å². The van der Waals surface area contributed by atoms with Gasteiger partial charge in [-0.1, -0.05) is 38.3 Å². The average Bonchev–Trinajstić information content (AvgIpc) is 2.59. The number of primary sulfonamides is 1. The molecule has 0 saturated heterocycles. The first kappa shape index (κ1) is 26.9. The smallest absolute Gasteiger partial charge is 0.210 e. The molecule has 0 aliphatic carbocycles. The molecule has 0 bridgehead atoms. The molecular weight excluding hydrogens is 491 g/mol. The predicted octanol–water partition coefficient (Wildman–Crippen LogP) is 2.92. The normalized spacial score (nSPS) is 11.6. The maximum atomic E-state index is 11.1. The third-order valence-corrected chi connectivity index (χ3v) is 4.68. The van der Waals surface area contributed by atoms with E-state index in [-0.39, 0.29) is 36.3 Å². The summed E-state index contributed by atoms with van der Waals surface area (Å²) in [7, 11) is -3.50. The standard InChI is InChI=1S/C19H34N4O3S.HI/c1-4-6-7-8-12-26-18-14-16(3)9-10-17(18)15-23-19(21-5-2)22-11-13-27(20,24)25;/h9-10,14H,4-8,11-13,15H2,1-3H3,(H2,20,24,25)(H2,21,22,23);1H. The van der Waals surface area contributed by atoms with Crippen molar-refractivity contribution in [3.8, 4) is 5.75 Å². The lowest BCUT2D eigenvalue weighted by molar-refractivity contribution is 0.302. The number of nitrogens with one attached hydrogen (secondary N) is 2. The molecular formula is C19H35IN4O3S. The van der Waals surface area contributed by atoms with Gasteiger partial charge < -0.3 is 15.4 Å². The molecule has 0 aromatic heterocycles. The minimum Gasteiger partial charge on any atom is -0.493 e. The summed E-state index contributed by atoms with van der Waals surface area (Å²) < 4.78 is 28.1. The van der Waals surface area contributed by atoms with Crippen LogP contribution in [0.25, 0.3) is 0 Å². The number of halogens is 1. The quantitative estimate of drug-likeness (QED) is 0.168. The molecule has 0 saturated carbocycles. The average molecular weight is 526 g/mol. The number of aryl methyl sites for hydroxylation is 1. The van der Waals surface area contributed by atoms with Crippen LogP contribution < -0.4 is 20.5 Å². The monoisotopic (exact) mass is 526 g/mol. The van der Waals surface area contributed by atoms with Gasteiger partial charge in [0.15, 0.2) is 5.96 Å². The zero-order valence-corrected chi connectivity index (χ0v) is 20.3. The first-order chi connectivity index (χ1) is 12.9. The Morgan fingerprint density at radius 2 is 1.93 bits per heavy atom. The van der Waals surface area contributed by atoms with E-state index < -0.39 is 10.0 Å². The van der Waals surface area contributed by atoms with Gasteiger partial charge in [0.05, 0.1) is 18.9 Å². The Morgan fingerprint density at radius 1 is 1.18 bits per heavy atom. The van der Waals surface area contributed by atoms with Gasteiger partial charge in [-0.05, 0) is 31.9 Å². The second-order valence-corrected chi connectivity index (χ2v) is 8.24. The third kappa shape index (κ3) is 12.4. The molecule has 0 spiro atoms. The van der Waals surface area contributed by atoms with Gasteiger partial charge in [0.25, 0.3) is 0 Å². The molecule has 0 heterocycles. The van der Waals surface area contributed by atoms with Crippen molar-refractivity contribution in [3.63, 3.8) is 0 Å². The van der Waals surface area contributed by atoms with Gasteiger partial charge >= 0.3 is 0 Å². The van der Waals surface area contributed by atoms with Crippen LogP contribution in [0.3, 0.4) is 0 Å². The van der Waals surface area contributed by atoms with Crippen LogP contribution in [0.4, 0.5) is 0 Å². The summed E-state index contributed by atoms with van der Waals surface area (Å²) in [5.41, 5.74) is 2.14. The number of nitrogens with zero attached hydrogens (tertiary/aromatic N) is 1. The van der Waals surface area contributed by atoms with E-state index in [0.717, 1.165) is 23.3 Å². The fourth-order valence-corrected chi connectivity index (χ4v) is 2.84. The van der Waals surface area contributed by atoms with Crippen molar-refractivity contribution in [1.82, 2.24) is 10.6 Å². The number of sulfonamides is 1. The molecule has 9 heteroatoms. The van der Waals surface area contributed by atoms with Gasteiger partial charge in [-0.15, -0.1) is 24.0 Å². The maximum absolute atomic E-state index is 11.1. The molecule has 0 fully saturated rings. The highest BCUT2D eigenvalue weighted by molar-refractivity contribution is 14.0. The van der Waals surface area contributed by atoms with Crippen molar-refractivity contribution >= 4 is 40.0 Å². The lowest BCUT2D eigenvalue weighted by Crippen LogP contribution is -2.40. The number of hydrogen-bond acceptors (Lipinski definition) is 4. The Hall–Kier alpha value is -1.07. The largest absolute Gasteiger partial charge is 0.493 e. The molecule has 0 radical (unpaired) electrons. The Bertz CT molecular complexity index is 696. The van der Waals surface area contributed by atoms with Gasteiger partial charge in [0.1, 0.15) is 5.75 Å². The maximum Gasteiger partial charge on any atom is 0.210 e. The Kier molecular flexibility index (Phi) is 14.3. The minimum absolute atomic E-state index is 0. The molecule has 1 aromatic rings. The van der Waals surface area contributed by atoms with Crippen LogP contribution in [0, 0.1) is 6.92 Å². The molecule has 0 unspecified atom stereocenters. The van der Waals surface area contributed by atoms with Crippen LogP contribution in [-0.2, 0) is 16.6 Å². The SMILES string of the molecule is CCCCCCOc1cc(C)ccc1CN=C(NCC)NCCS(N)(=O)=O.I. The van der Waals surface area contributed by atoms with Crippen molar-refractivity contribution in [3.05, 3.63) is 29.3 Å². The van der Waals surface area contributed by atoms with E-state index in [0.29, 0.717) is 25.7 Å². The van der Waals surface area contributed by atoms with E-state index in [1.165, 1.54) is 19.3 Å². The van der Waals surface area contributed by atoms with Crippen LogP contribution in [0.5, 0.6) is 5.75 Å². The predicted molar refractivity (Wildman–Crippen MR) is 127 cm³/mol. The molecule has 28 heavy (non-hydrogen) atoms. The number of rotatable bonds is 12. The molecule has 4 N–H and O–H groups in total. The number of hydrogen-bond donors (Lipinski definition) is 3. The number of nitrogens with two attached hydrogens (primary N) is 1. The van der Waals surface area contributed by atoms with E-state index in [1.807, 2.05) is 32.0 Å². The molecule has 0 amide bonds. The van der Waals surface area contributed by atoms with E-state index in [2.05, 4.69) is 22.5 Å². The van der Waals surface area contributed by atoms with Gasteiger partial charge in [0, 0.05) is 18.7 Å². The zero-order chi connectivity index (χ0) is 20.1. The number of guanidine groups is 1. The van der Waals surface area contributed by atoms with E-state index in [4.69, 9.17) is 9.88 Å². The van der Waals surface area contributed by atoms with Crippen molar-refractivity contribution in [2.75, 3.05) is 25.4 Å². The van der Waals surface area contributed by atoms with Gasteiger partial charge in [0.2, 0.25) is 10.0 Å². The van der Waals surface area contributed by atoms with Crippen LogP contribution in [0.15, 0.2) is 23.2 Å². The summed E-state index contributed by atoms with van der Waals surface area (Å²) in [6.07, 6.45) is 4.65. The molecule has 1 aromatic carbocycles. The first-order valence-electron chi connectivity index (χ1n) is 9.60. The highest BCUT2D eigenvalue weighted by Crippen LogP contribution is 2.21. The minimum atomic E-state index is -3.50. The fourth-order valence-electron chi connectivity index (χ4n) is 2.46. The van der Waals surface area contributed by atoms with Crippen molar-refractivity contribution in [2.24, 2.45) is 10.1 Å². The fraction of sp³-hybridized carbons (Fsp3) is 0.632. The van der Waals surface area contributed by atoms with E-state index in [9.17, 15) is 8.42 Å². The Morgan fingerprint density at radius 3 is 2.57 bits per heavy atom. The molecule has 7 nitrogen and oxygen atoms in total. The molecule has 1 rings (SSSR count). The van der Waals surface area contributed by atoms with Crippen molar-refractivity contribution in [1.29, 1.82) is 0 Å². The highest BCUT2D eigenvalue weighted by Gasteiger charge is 2.07. The Labute approximate surface area is 187 Å². The van der Waals surface area contributed by atoms with E-state index >= 15 is 0 Å². The second-order valence-electron chi connectivity index (χ2n) is 6.51. The molecule has 0 aliphatic rings. The molecule has 0 atom stereocenters. The summed E-state index contributed by atoms with van der Waals surface area (Å²) in [5, 5.41) is 11.1. The lowest BCUT2D eigenvalue weighted by atomic mass is 10.1. The second kappa shape index (κ2) is 14.9. The summed E-state index contributed by atoms with van der Waals surface area (Å²) >= 11 is 0. The zero-order valence-electron chi connectivity index (χ0n) is 17.2. The lowest BCUT2D eigenvalue weighted by Gasteiger charge is -2.13. The summed E-state index contributed by atoms with van der Waals surface area (Å²) in [5.74, 6) is 1.26. The van der Waals surface area contributed by atoms with Gasteiger partial charge in [-0.2, -0.15) is 0 Å². The first-order valence-corrected chi connectivity index (χ1v) is 11.3.